The zero-order valence-corrected chi connectivity index (χ0v) is 30.1. The molecular formula is C49H33N5O2. The first-order chi connectivity index (χ1) is 27.7. The van der Waals surface area contributed by atoms with E-state index < -0.39 is 0 Å². The summed E-state index contributed by atoms with van der Waals surface area (Å²) in [5, 5.41) is 0. The van der Waals surface area contributed by atoms with Crippen molar-refractivity contribution in [2.75, 3.05) is 0 Å². The number of rotatable bonds is 7. The molecule has 1 aliphatic carbocycles. The molecular weight excluding hydrogens is 691 g/mol. The van der Waals surface area contributed by atoms with Crippen LogP contribution in [0.3, 0.4) is 0 Å². The number of nitrogens with zero attached hydrogens (tertiary/aromatic N) is 5. The summed E-state index contributed by atoms with van der Waals surface area (Å²) in [4.78, 5) is 23.4. The molecule has 2 atom stereocenters. The van der Waals surface area contributed by atoms with Gasteiger partial charge in [0.05, 0.1) is 5.56 Å². The summed E-state index contributed by atoms with van der Waals surface area (Å²) in [6.45, 7) is 0. The molecule has 0 N–H and O–H groups in total. The quantitative estimate of drug-likeness (QED) is 0.162. The average molecular weight is 724 g/mol. The molecule has 0 radical (unpaired) electrons. The molecule has 7 nitrogen and oxygen atoms in total. The Morgan fingerprint density at radius 2 is 0.750 bits per heavy atom. The Balaban J connectivity index is 1.08. The number of aromatic nitrogens is 5. The molecule has 0 saturated heterocycles. The van der Waals surface area contributed by atoms with Crippen LogP contribution in [0.4, 0.5) is 0 Å². The lowest BCUT2D eigenvalue weighted by atomic mass is 9.92. The van der Waals surface area contributed by atoms with Gasteiger partial charge in [-0.15, -0.1) is 0 Å². The summed E-state index contributed by atoms with van der Waals surface area (Å²) >= 11 is 0. The lowest BCUT2D eigenvalue weighted by molar-refractivity contribution is 0.0769. The van der Waals surface area contributed by atoms with Crippen LogP contribution in [0.2, 0.25) is 0 Å². The summed E-state index contributed by atoms with van der Waals surface area (Å²) < 4.78 is 13.6. The van der Waals surface area contributed by atoms with E-state index >= 15 is 0 Å². The summed E-state index contributed by atoms with van der Waals surface area (Å²) in [5.41, 5.74) is 11.1. The Morgan fingerprint density at radius 3 is 1.25 bits per heavy atom. The first-order valence-corrected chi connectivity index (χ1v) is 18.5. The van der Waals surface area contributed by atoms with Crippen LogP contribution in [-0.2, 0) is 0 Å². The van der Waals surface area contributed by atoms with Crippen molar-refractivity contribution in [1.29, 1.82) is 0 Å². The monoisotopic (exact) mass is 723 g/mol. The fourth-order valence-corrected chi connectivity index (χ4v) is 7.24. The summed E-state index contributed by atoms with van der Waals surface area (Å²) in [6.07, 6.45) is 14.8. The third kappa shape index (κ3) is 6.41. The van der Waals surface area contributed by atoms with E-state index in [4.69, 9.17) is 24.4 Å². The fraction of sp³-hybridized carbons (Fsp3) is 0.0408. The van der Waals surface area contributed by atoms with Crippen molar-refractivity contribution < 1.29 is 9.47 Å². The second-order valence-electron chi connectivity index (χ2n) is 13.6. The summed E-state index contributed by atoms with van der Waals surface area (Å²) in [5.74, 6) is 2.92. The van der Waals surface area contributed by atoms with Gasteiger partial charge in [0.25, 0.3) is 0 Å². The first-order valence-electron chi connectivity index (χ1n) is 18.5. The molecule has 2 aliphatic rings. The Morgan fingerprint density at radius 1 is 0.339 bits per heavy atom. The molecule has 3 aromatic heterocycles. The topological polar surface area (TPSA) is 82.9 Å². The number of hydrogen-bond donors (Lipinski definition) is 0. The molecule has 0 amide bonds. The Labute approximate surface area is 324 Å². The Kier molecular flexibility index (Phi) is 8.50. The van der Waals surface area contributed by atoms with E-state index in [2.05, 4.69) is 58.5 Å². The van der Waals surface area contributed by atoms with E-state index in [1.807, 2.05) is 140 Å². The van der Waals surface area contributed by atoms with Gasteiger partial charge in [0, 0.05) is 41.5 Å². The zero-order chi connectivity index (χ0) is 37.3. The molecule has 266 valence electrons. The second kappa shape index (κ2) is 14.4. The van der Waals surface area contributed by atoms with Crippen molar-refractivity contribution >= 4 is 0 Å². The van der Waals surface area contributed by atoms with Crippen LogP contribution in [0, 0.1) is 0 Å². The van der Waals surface area contributed by atoms with E-state index in [1.54, 1.807) is 0 Å². The van der Waals surface area contributed by atoms with Crippen LogP contribution in [0.5, 0.6) is 11.5 Å². The molecule has 0 fully saturated rings. The number of benzene rings is 5. The number of ether oxygens (including phenoxy) is 2. The van der Waals surface area contributed by atoms with Gasteiger partial charge in [-0.25, -0.2) is 15.0 Å². The van der Waals surface area contributed by atoms with Crippen LogP contribution in [-0.4, -0.2) is 37.1 Å². The molecule has 5 aromatic carbocycles. The van der Waals surface area contributed by atoms with Gasteiger partial charge in [-0.05, 0) is 106 Å². The average Bonchev–Trinajstić information content (AvgIpc) is 3.29. The van der Waals surface area contributed by atoms with Crippen molar-refractivity contribution in [3.8, 4) is 90.2 Å². The Bertz CT molecular complexity index is 2620. The molecule has 56 heavy (non-hydrogen) atoms. The van der Waals surface area contributed by atoms with Crippen molar-refractivity contribution in [3.05, 3.63) is 189 Å². The molecule has 1 aliphatic heterocycles. The van der Waals surface area contributed by atoms with Gasteiger partial charge in [0.1, 0.15) is 0 Å². The number of allylic oxidation sites excluding steroid dienone is 2. The summed E-state index contributed by atoms with van der Waals surface area (Å²) in [6, 6.07) is 47.5. The van der Waals surface area contributed by atoms with Gasteiger partial charge in [-0.3, -0.25) is 9.97 Å². The highest BCUT2D eigenvalue weighted by atomic mass is 16.6. The van der Waals surface area contributed by atoms with Gasteiger partial charge in [0.2, 0.25) is 0 Å². The maximum absolute atomic E-state index is 6.81. The van der Waals surface area contributed by atoms with E-state index in [-0.39, 0.29) is 12.2 Å². The van der Waals surface area contributed by atoms with Crippen LogP contribution in [0.15, 0.2) is 189 Å². The highest BCUT2D eigenvalue weighted by Gasteiger charge is 2.34. The standard InChI is InChI=1S/C49H33N5O2/c1-3-9-36(10-4-1)47-52-48(37-11-5-2-6-12-37)54-49(53-47)42-20-19-41(45-46(42)56-44-14-8-7-13-43(44)55-45)35-17-15-32(16-18-35)38-29-39(33-21-25-50-26-22-33)31-40(30-38)34-23-27-51-28-24-34/h1-31,43-44H. The van der Waals surface area contributed by atoms with Gasteiger partial charge < -0.3 is 9.47 Å². The van der Waals surface area contributed by atoms with Gasteiger partial charge >= 0.3 is 0 Å². The smallest absolute Gasteiger partial charge is 0.174 e. The second-order valence-corrected chi connectivity index (χ2v) is 13.6. The minimum absolute atomic E-state index is 0.276. The predicted molar refractivity (Wildman–Crippen MR) is 221 cm³/mol. The fourth-order valence-electron chi connectivity index (χ4n) is 7.24. The summed E-state index contributed by atoms with van der Waals surface area (Å²) in [7, 11) is 0. The number of fused-ring (bicyclic) bond motifs is 2. The maximum Gasteiger partial charge on any atom is 0.174 e. The van der Waals surface area contributed by atoms with Crippen molar-refractivity contribution in [2.24, 2.45) is 0 Å². The zero-order valence-electron chi connectivity index (χ0n) is 30.1. The van der Waals surface area contributed by atoms with Gasteiger partial charge in [-0.1, -0.05) is 97.1 Å². The SMILES string of the molecule is C1=CC2Oc3c(-c4ccc(-c5cc(-c6ccncc6)cc(-c6ccncc6)c5)cc4)ccc(-c4nc(-c5ccccc5)nc(-c5ccccc5)n4)c3OC2C=C1. The molecule has 0 bridgehead atoms. The molecule has 7 heteroatoms. The molecule has 10 rings (SSSR count). The minimum Gasteiger partial charge on any atom is -0.478 e. The molecule has 0 saturated carbocycles. The Hall–Kier alpha value is -7.51. The van der Waals surface area contributed by atoms with Gasteiger partial charge in [0.15, 0.2) is 41.2 Å². The molecule has 4 heterocycles. The molecule has 8 aromatic rings. The van der Waals surface area contributed by atoms with Crippen molar-refractivity contribution in [2.45, 2.75) is 12.2 Å². The predicted octanol–water partition coefficient (Wildman–Crippen LogP) is 11.0. The maximum atomic E-state index is 6.81. The van der Waals surface area contributed by atoms with Crippen LogP contribution in [0.25, 0.3) is 78.7 Å². The number of pyridine rings is 2. The highest BCUT2D eigenvalue weighted by molar-refractivity contribution is 5.85. The first kappa shape index (κ1) is 33.1. The van der Waals surface area contributed by atoms with Crippen molar-refractivity contribution in [3.63, 3.8) is 0 Å². The van der Waals surface area contributed by atoms with E-state index in [0.717, 1.165) is 61.2 Å². The molecule has 0 spiro atoms. The third-order valence-electron chi connectivity index (χ3n) is 10.1. The van der Waals surface area contributed by atoms with Gasteiger partial charge in [-0.2, -0.15) is 0 Å². The lowest BCUT2D eigenvalue weighted by Gasteiger charge is -2.34. The van der Waals surface area contributed by atoms with Crippen LogP contribution < -0.4 is 9.47 Å². The van der Waals surface area contributed by atoms with E-state index in [0.29, 0.717) is 29.0 Å². The highest BCUT2D eigenvalue weighted by Crippen LogP contribution is 2.49. The normalized spacial score (nSPS) is 15.3. The molecule has 2 unspecified atom stereocenters. The van der Waals surface area contributed by atoms with Crippen LogP contribution in [0.1, 0.15) is 0 Å². The third-order valence-corrected chi connectivity index (χ3v) is 10.1. The van der Waals surface area contributed by atoms with E-state index in [1.165, 1.54) is 0 Å². The van der Waals surface area contributed by atoms with Crippen LogP contribution >= 0.6 is 0 Å². The largest absolute Gasteiger partial charge is 0.478 e. The minimum atomic E-state index is -0.296. The van der Waals surface area contributed by atoms with E-state index in [9.17, 15) is 0 Å². The number of hydrogen-bond acceptors (Lipinski definition) is 7. The lowest BCUT2D eigenvalue weighted by Crippen LogP contribution is -2.38. The van der Waals surface area contributed by atoms with Crippen molar-refractivity contribution in [1.82, 2.24) is 24.9 Å².